The average Bonchev–Trinajstić information content (AvgIpc) is 2.64. The first kappa shape index (κ1) is 9.65. The van der Waals surface area contributed by atoms with Gasteiger partial charge in [0.2, 0.25) is 0 Å². The van der Waals surface area contributed by atoms with E-state index in [1.165, 1.54) is 11.1 Å². The molecular weight excluding hydrogens is 180 g/mol. The van der Waals surface area contributed by atoms with E-state index in [2.05, 4.69) is 0 Å². The molecule has 1 unspecified atom stereocenters. The van der Waals surface area contributed by atoms with Crippen molar-refractivity contribution in [1.29, 1.82) is 0 Å². The SMILES string of the molecule is COCC(O)c1ccc2c(c1)COC2. The van der Waals surface area contributed by atoms with Crippen LogP contribution < -0.4 is 0 Å². The molecule has 3 nitrogen and oxygen atoms in total. The van der Waals surface area contributed by atoms with E-state index in [1.807, 2.05) is 18.2 Å². The molecule has 1 N–H and O–H groups in total. The zero-order valence-electron chi connectivity index (χ0n) is 8.19. The van der Waals surface area contributed by atoms with Crippen molar-refractivity contribution in [3.05, 3.63) is 34.9 Å². The fourth-order valence-electron chi connectivity index (χ4n) is 1.65. The minimum absolute atomic E-state index is 0.333. The molecule has 0 fully saturated rings. The van der Waals surface area contributed by atoms with E-state index in [4.69, 9.17) is 9.47 Å². The van der Waals surface area contributed by atoms with Crippen LogP contribution in [0.4, 0.5) is 0 Å². The summed E-state index contributed by atoms with van der Waals surface area (Å²) in [5.41, 5.74) is 3.30. The van der Waals surface area contributed by atoms with Crippen LogP contribution in [0.3, 0.4) is 0 Å². The van der Waals surface area contributed by atoms with Crippen molar-refractivity contribution in [2.24, 2.45) is 0 Å². The fourth-order valence-corrected chi connectivity index (χ4v) is 1.65. The number of hydrogen-bond donors (Lipinski definition) is 1. The molecule has 2 rings (SSSR count). The van der Waals surface area contributed by atoms with Crippen LogP contribution in [0.25, 0.3) is 0 Å². The van der Waals surface area contributed by atoms with Gasteiger partial charge in [-0.25, -0.2) is 0 Å². The monoisotopic (exact) mass is 194 g/mol. The Labute approximate surface area is 83.3 Å². The maximum absolute atomic E-state index is 9.69. The number of hydrogen-bond acceptors (Lipinski definition) is 3. The summed E-state index contributed by atoms with van der Waals surface area (Å²) in [6, 6.07) is 5.93. The summed E-state index contributed by atoms with van der Waals surface area (Å²) in [6.45, 7) is 1.68. The molecule has 76 valence electrons. The van der Waals surface area contributed by atoms with Gasteiger partial charge in [-0.05, 0) is 16.7 Å². The van der Waals surface area contributed by atoms with Crippen LogP contribution in [0.1, 0.15) is 22.8 Å². The van der Waals surface area contributed by atoms with Crippen LogP contribution >= 0.6 is 0 Å². The molecule has 1 aromatic carbocycles. The average molecular weight is 194 g/mol. The standard InChI is InChI=1S/C11H14O3/c1-13-7-11(12)8-2-3-9-5-14-6-10(9)4-8/h2-4,11-12H,5-7H2,1H3. The topological polar surface area (TPSA) is 38.7 Å². The number of ether oxygens (including phenoxy) is 2. The van der Waals surface area contributed by atoms with Crippen molar-refractivity contribution in [3.8, 4) is 0 Å². The highest BCUT2D eigenvalue weighted by atomic mass is 16.5. The third kappa shape index (κ3) is 1.80. The van der Waals surface area contributed by atoms with Crippen molar-refractivity contribution in [3.63, 3.8) is 0 Å². The first-order valence-corrected chi connectivity index (χ1v) is 4.67. The summed E-state index contributed by atoms with van der Waals surface area (Å²) < 4.78 is 10.2. The Bertz CT molecular complexity index is 322. The first-order chi connectivity index (χ1) is 6.81. The van der Waals surface area contributed by atoms with E-state index in [1.54, 1.807) is 7.11 Å². The highest BCUT2D eigenvalue weighted by molar-refractivity contribution is 5.34. The van der Waals surface area contributed by atoms with Gasteiger partial charge in [-0.15, -0.1) is 0 Å². The fraction of sp³-hybridized carbons (Fsp3) is 0.455. The van der Waals surface area contributed by atoms with Gasteiger partial charge < -0.3 is 14.6 Å². The van der Waals surface area contributed by atoms with Gasteiger partial charge in [0.1, 0.15) is 6.10 Å². The van der Waals surface area contributed by atoms with Crippen LogP contribution in [-0.4, -0.2) is 18.8 Å². The normalized spacial score (nSPS) is 16.7. The van der Waals surface area contributed by atoms with Gasteiger partial charge in [-0.3, -0.25) is 0 Å². The number of methoxy groups -OCH3 is 1. The van der Waals surface area contributed by atoms with Crippen molar-refractivity contribution >= 4 is 0 Å². The second-order valence-electron chi connectivity index (χ2n) is 3.49. The molecule has 0 aliphatic carbocycles. The Kier molecular flexibility index (Phi) is 2.82. The van der Waals surface area contributed by atoms with Gasteiger partial charge in [-0.1, -0.05) is 18.2 Å². The van der Waals surface area contributed by atoms with Gasteiger partial charge >= 0.3 is 0 Å². The number of fused-ring (bicyclic) bond motifs is 1. The lowest BCUT2D eigenvalue weighted by Crippen LogP contribution is -2.05. The van der Waals surface area contributed by atoms with E-state index in [9.17, 15) is 5.11 Å². The van der Waals surface area contributed by atoms with Crippen LogP contribution in [0.2, 0.25) is 0 Å². The zero-order chi connectivity index (χ0) is 9.97. The van der Waals surface area contributed by atoms with E-state index in [0.29, 0.717) is 19.8 Å². The smallest absolute Gasteiger partial charge is 0.102 e. The molecule has 0 saturated carbocycles. The molecular formula is C11H14O3. The van der Waals surface area contributed by atoms with Gasteiger partial charge in [0.05, 0.1) is 19.8 Å². The Morgan fingerprint density at radius 3 is 3.00 bits per heavy atom. The van der Waals surface area contributed by atoms with Crippen molar-refractivity contribution < 1.29 is 14.6 Å². The lowest BCUT2D eigenvalue weighted by atomic mass is 10.0. The number of benzene rings is 1. The summed E-state index contributed by atoms with van der Waals surface area (Å²) in [7, 11) is 1.58. The minimum Gasteiger partial charge on any atom is -0.386 e. The van der Waals surface area contributed by atoms with E-state index in [0.717, 1.165) is 5.56 Å². The van der Waals surface area contributed by atoms with Crippen molar-refractivity contribution in [1.82, 2.24) is 0 Å². The predicted octanol–water partition coefficient (Wildman–Crippen LogP) is 1.40. The molecule has 0 spiro atoms. The van der Waals surface area contributed by atoms with Crippen LogP contribution in [-0.2, 0) is 22.7 Å². The minimum atomic E-state index is -0.536. The third-order valence-corrected chi connectivity index (χ3v) is 2.45. The summed E-state index contributed by atoms with van der Waals surface area (Å²) in [4.78, 5) is 0. The lowest BCUT2D eigenvalue weighted by Gasteiger charge is -2.10. The molecule has 0 aromatic heterocycles. The predicted molar refractivity (Wildman–Crippen MR) is 51.8 cm³/mol. The Hall–Kier alpha value is -0.900. The molecule has 0 amide bonds. The Morgan fingerprint density at radius 2 is 2.21 bits per heavy atom. The van der Waals surface area contributed by atoms with Crippen LogP contribution in [0.15, 0.2) is 18.2 Å². The summed E-state index contributed by atoms with van der Waals surface area (Å²) in [6.07, 6.45) is -0.536. The lowest BCUT2D eigenvalue weighted by molar-refractivity contribution is 0.0643. The molecule has 0 radical (unpaired) electrons. The van der Waals surface area contributed by atoms with E-state index >= 15 is 0 Å². The quantitative estimate of drug-likeness (QED) is 0.790. The summed E-state index contributed by atoms with van der Waals surface area (Å²) in [5.74, 6) is 0. The second-order valence-corrected chi connectivity index (χ2v) is 3.49. The number of aliphatic hydroxyl groups excluding tert-OH is 1. The molecule has 1 atom stereocenters. The maximum atomic E-state index is 9.69. The van der Waals surface area contributed by atoms with Crippen LogP contribution in [0.5, 0.6) is 0 Å². The number of rotatable bonds is 3. The second kappa shape index (κ2) is 4.09. The van der Waals surface area contributed by atoms with Gasteiger partial charge in [0, 0.05) is 7.11 Å². The van der Waals surface area contributed by atoms with Gasteiger partial charge in [0.15, 0.2) is 0 Å². The molecule has 1 aliphatic rings. The van der Waals surface area contributed by atoms with E-state index < -0.39 is 6.10 Å². The zero-order valence-corrected chi connectivity index (χ0v) is 8.19. The number of aliphatic hydroxyl groups is 1. The molecule has 14 heavy (non-hydrogen) atoms. The van der Waals surface area contributed by atoms with Crippen molar-refractivity contribution in [2.75, 3.05) is 13.7 Å². The molecule has 3 heteroatoms. The molecule has 1 heterocycles. The summed E-state index contributed by atoms with van der Waals surface area (Å²) in [5, 5.41) is 9.69. The van der Waals surface area contributed by atoms with E-state index in [-0.39, 0.29) is 0 Å². The van der Waals surface area contributed by atoms with Crippen LogP contribution in [0, 0.1) is 0 Å². The molecule has 0 bridgehead atoms. The molecule has 1 aromatic rings. The highest BCUT2D eigenvalue weighted by Gasteiger charge is 2.14. The Morgan fingerprint density at radius 1 is 1.43 bits per heavy atom. The molecule has 0 saturated heterocycles. The largest absolute Gasteiger partial charge is 0.386 e. The van der Waals surface area contributed by atoms with Gasteiger partial charge in [-0.2, -0.15) is 0 Å². The molecule has 1 aliphatic heterocycles. The summed E-state index contributed by atoms with van der Waals surface area (Å²) >= 11 is 0. The Balaban J connectivity index is 2.19. The van der Waals surface area contributed by atoms with Gasteiger partial charge in [0.25, 0.3) is 0 Å². The first-order valence-electron chi connectivity index (χ1n) is 4.67. The third-order valence-electron chi connectivity index (χ3n) is 2.45. The maximum Gasteiger partial charge on any atom is 0.102 e. The van der Waals surface area contributed by atoms with Crippen molar-refractivity contribution in [2.45, 2.75) is 19.3 Å². The highest BCUT2D eigenvalue weighted by Crippen LogP contribution is 2.23.